The summed E-state index contributed by atoms with van der Waals surface area (Å²) < 4.78 is 5.36. The number of aryl methyl sites for hydroxylation is 2. The Bertz CT molecular complexity index is 685. The van der Waals surface area contributed by atoms with Crippen molar-refractivity contribution in [2.45, 2.75) is 20.4 Å². The highest BCUT2D eigenvalue weighted by Gasteiger charge is 2.16. The number of pyridine rings is 1. The number of fused-ring (bicyclic) bond motifs is 1. The summed E-state index contributed by atoms with van der Waals surface area (Å²) in [5.74, 6) is 0. The fourth-order valence-corrected chi connectivity index (χ4v) is 2.79. The predicted molar refractivity (Wildman–Crippen MR) is 80.1 cm³/mol. The van der Waals surface area contributed by atoms with E-state index in [2.05, 4.69) is 9.88 Å². The molecule has 0 unspecified atom stereocenters. The van der Waals surface area contributed by atoms with Gasteiger partial charge in [0.25, 0.3) is 0 Å². The molecule has 1 aliphatic heterocycles. The number of aromatic amines is 1. The lowest BCUT2D eigenvalue weighted by atomic mass is 10.1. The Kier molecular flexibility index (Phi) is 3.59. The van der Waals surface area contributed by atoms with Crippen molar-refractivity contribution in [1.29, 1.82) is 0 Å². The minimum absolute atomic E-state index is 0.159. The number of rotatable bonds is 2. The van der Waals surface area contributed by atoms with Crippen LogP contribution in [0.5, 0.6) is 0 Å². The Morgan fingerprint density at radius 2 is 2.00 bits per heavy atom. The van der Waals surface area contributed by atoms with Crippen LogP contribution in [0.4, 0.5) is 0 Å². The Labute approximate surface area is 118 Å². The van der Waals surface area contributed by atoms with Crippen molar-refractivity contribution in [1.82, 2.24) is 9.88 Å². The van der Waals surface area contributed by atoms with E-state index in [4.69, 9.17) is 4.74 Å². The van der Waals surface area contributed by atoms with Crippen LogP contribution in [-0.4, -0.2) is 36.2 Å². The molecule has 1 aromatic carbocycles. The molecule has 1 saturated heterocycles. The second-order valence-electron chi connectivity index (χ2n) is 5.44. The third-order valence-corrected chi connectivity index (χ3v) is 4.04. The summed E-state index contributed by atoms with van der Waals surface area (Å²) in [5, 5.41) is 0.791. The van der Waals surface area contributed by atoms with Crippen LogP contribution in [0.2, 0.25) is 0 Å². The van der Waals surface area contributed by atoms with E-state index in [0.717, 1.165) is 54.0 Å². The Balaban J connectivity index is 2.04. The molecule has 2 heterocycles. The average molecular weight is 272 g/mol. The molecule has 0 saturated carbocycles. The van der Waals surface area contributed by atoms with Crippen LogP contribution in [0.15, 0.2) is 23.0 Å². The van der Waals surface area contributed by atoms with E-state index < -0.39 is 0 Å². The van der Waals surface area contributed by atoms with Crippen LogP contribution < -0.4 is 5.43 Å². The first-order valence-corrected chi connectivity index (χ1v) is 7.08. The lowest BCUT2D eigenvalue weighted by Gasteiger charge is -2.27. The molecule has 1 aromatic heterocycles. The van der Waals surface area contributed by atoms with Gasteiger partial charge in [0, 0.05) is 36.3 Å². The zero-order valence-corrected chi connectivity index (χ0v) is 12.0. The van der Waals surface area contributed by atoms with Crippen LogP contribution in [0.3, 0.4) is 0 Å². The standard InChI is InChI=1S/C16H20N2O2/c1-11-4-3-5-13-15(11)17-12(2)14(16(13)19)10-18-6-8-20-9-7-18/h3-5H,6-10H2,1-2H3,(H,17,19). The zero-order valence-electron chi connectivity index (χ0n) is 12.0. The number of aromatic nitrogens is 1. The Morgan fingerprint density at radius 3 is 2.75 bits per heavy atom. The molecule has 0 aliphatic carbocycles. The number of hydrogen-bond acceptors (Lipinski definition) is 3. The van der Waals surface area contributed by atoms with E-state index in [1.54, 1.807) is 0 Å². The Hall–Kier alpha value is -1.65. The first kappa shape index (κ1) is 13.3. The Morgan fingerprint density at radius 1 is 1.25 bits per heavy atom. The van der Waals surface area contributed by atoms with Gasteiger partial charge in [0.05, 0.1) is 18.7 Å². The van der Waals surface area contributed by atoms with Crippen LogP contribution in [-0.2, 0) is 11.3 Å². The molecule has 106 valence electrons. The molecule has 2 aromatic rings. The van der Waals surface area contributed by atoms with Gasteiger partial charge < -0.3 is 9.72 Å². The molecular formula is C16H20N2O2. The van der Waals surface area contributed by atoms with E-state index in [1.165, 1.54) is 0 Å². The molecule has 0 amide bonds. The minimum atomic E-state index is 0.159. The van der Waals surface area contributed by atoms with Gasteiger partial charge in [-0.25, -0.2) is 0 Å². The van der Waals surface area contributed by atoms with Crippen LogP contribution >= 0.6 is 0 Å². The number of para-hydroxylation sites is 1. The maximum absolute atomic E-state index is 12.7. The average Bonchev–Trinajstić information content (AvgIpc) is 2.46. The van der Waals surface area contributed by atoms with E-state index >= 15 is 0 Å². The van der Waals surface area contributed by atoms with Crippen molar-refractivity contribution in [2.75, 3.05) is 26.3 Å². The van der Waals surface area contributed by atoms with E-state index in [1.807, 2.05) is 32.0 Å². The summed E-state index contributed by atoms with van der Waals surface area (Å²) in [5.41, 5.74) is 4.08. The number of benzene rings is 1. The smallest absolute Gasteiger partial charge is 0.194 e. The lowest BCUT2D eigenvalue weighted by molar-refractivity contribution is 0.0339. The van der Waals surface area contributed by atoms with Gasteiger partial charge >= 0.3 is 0 Å². The van der Waals surface area contributed by atoms with E-state index in [9.17, 15) is 4.79 Å². The third kappa shape index (κ3) is 2.37. The maximum atomic E-state index is 12.7. The topological polar surface area (TPSA) is 45.3 Å². The predicted octanol–water partition coefficient (Wildman–Crippen LogP) is 1.98. The second-order valence-corrected chi connectivity index (χ2v) is 5.44. The van der Waals surface area contributed by atoms with Gasteiger partial charge in [0.2, 0.25) is 0 Å². The zero-order chi connectivity index (χ0) is 14.1. The molecule has 0 atom stereocenters. The van der Waals surface area contributed by atoms with Gasteiger partial charge in [0.1, 0.15) is 0 Å². The quantitative estimate of drug-likeness (QED) is 0.909. The fraction of sp³-hybridized carbons (Fsp3) is 0.438. The summed E-state index contributed by atoms with van der Waals surface area (Å²) in [7, 11) is 0. The summed E-state index contributed by atoms with van der Waals surface area (Å²) in [4.78, 5) is 18.4. The summed E-state index contributed by atoms with van der Waals surface area (Å²) in [6, 6.07) is 5.88. The molecule has 3 rings (SSSR count). The van der Waals surface area contributed by atoms with Crippen molar-refractivity contribution in [3.05, 3.63) is 45.2 Å². The summed E-state index contributed by atoms with van der Waals surface area (Å²) >= 11 is 0. The number of morpholine rings is 1. The molecule has 0 bridgehead atoms. The summed E-state index contributed by atoms with van der Waals surface area (Å²) in [6.07, 6.45) is 0. The second kappa shape index (κ2) is 5.38. The van der Waals surface area contributed by atoms with Crippen molar-refractivity contribution in [3.63, 3.8) is 0 Å². The first-order valence-electron chi connectivity index (χ1n) is 7.08. The molecule has 1 aliphatic rings. The van der Waals surface area contributed by atoms with Crippen molar-refractivity contribution in [3.8, 4) is 0 Å². The van der Waals surface area contributed by atoms with Gasteiger partial charge in [-0.15, -0.1) is 0 Å². The van der Waals surface area contributed by atoms with E-state index in [0.29, 0.717) is 6.54 Å². The molecule has 1 N–H and O–H groups in total. The van der Waals surface area contributed by atoms with Gasteiger partial charge in [0.15, 0.2) is 5.43 Å². The maximum Gasteiger partial charge on any atom is 0.194 e. The van der Waals surface area contributed by atoms with Gasteiger partial charge in [-0.2, -0.15) is 0 Å². The first-order chi connectivity index (χ1) is 9.66. The van der Waals surface area contributed by atoms with Gasteiger partial charge in [-0.05, 0) is 25.5 Å². The molecule has 1 fully saturated rings. The van der Waals surface area contributed by atoms with Crippen molar-refractivity contribution >= 4 is 10.9 Å². The van der Waals surface area contributed by atoms with Gasteiger partial charge in [-0.3, -0.25) is 9.69 Å². The molecule has 4 heteroatoms. The van der Waals surface area contributed by atoms with Crippen molar-refractivity contribution in [2.24, 2.45) is 0 Å². The summed E-state index contributed by atoms with van der Waals surface area (Å²) in [6.45, 7) is 8.01. The molecular weight excluding hydrogens is 252 g/mol. The highest BCUT2D eigenvalue weighted by atomic mass is 16.5. The monoisotopic (exact) mass is 272 g/mol. The van der Waals surface area contributed by atoms with Crippen LogP contribution in [0.1, 0.15) is 16.8 Å². The van der Waals surface area contributed by atoms with Gasteiger partial charge in [-0.1, -0.05) is 12.1 Å². The molecule has 20 heavy (non-hydrogen) atoms. The lowest BCUT2D eigenvalue weighted by Crippen LogP contribution is -2.37. The normalized spacial score (nSPS) is 16.7. The number of nitrogens with zero attached hydrogens (tertiary/aromatic N) is 1. The van der Waals surface area contributed by atoms with Crippen LogP contribution in [0.25, 0.3) is 10.9 Å². The molecule has 0 spiro atoms. The number of H-pyrrole nitrogens is 1. The SMILES string of the molecule is Cc1[nH]c2c(C)cccc2c(=O)c1CN1CCOCC1. The largest absolute Gasteiger partial charge is 0.379 e. The third-order valence-electron chi connectivity index (χ3n) is 4.04. The number of ether oxygens (including phenoxy) is 1. The highest BCUT2D eigenvalue weighted by Crippen LogP contribution is 2.16. The van der Waals surface area contributed by atoms with Crippen LogP contribution in [0, 0.1) is 13.8 Å². The molecule has 4 nitrogen and oxygen atoms in total. The number of hydrogen-bond donors (Lipinski definition) is 1. The fourth-order valence-electron chi connectivity index (χ4n) is 2.79. The number of nitrogens with one attached hydrogen (secondary N) is 1. The van der Waals surface area contributed by atoms with Crippen molar-refractivity contribution < 1.29 is 4.74 Å². The highest BCUT2D eigenvalue weighted by molar-refractivity contribution is 5.82. The minimum Gasteiger partial charge on any atom is -0.379 e. The molecule has 0 radical (unpaired) electrons. The van der Waals surface area contributed by atoms with E-state index in [-0.39, 0.29) is 5.43 Å².